The average Bonchev–Trinajstić information content (AvgIpc) is 3.06. The van der Waals surface area contributed by atoms with Gasteiger partial charge in [0.05, 0.1) is 6.54 Å². The van der Waals surface area contributed by atoms with Crippen LogP contribution in [0.15, 0.2) is 4.99 Å². The number of aliphatic imine (C=N–C) groups is 1. The van der Waals surface area contributed by atoms with Gasteiger partial charge < -0.3 is 19.9 Å². The SMILES string of the molecule is CCOCCCNC(=NC)NCc1nnc2n1CCC2. The van der Waals surface area contributed by atoms with Crippen molar-refractivity contribution in [1.82, 2.24) is 25.4 Å². The van der Waals surface area contributed by atoms with Crippen molar-refractivity contribution in [3.63, 3.8) is 0 Å². The summed E-state index contributed by atoms with van der Waals surface area (Å²) < 4.78 is 7.49. The number of aryl methyl sites for hydroxylation is 1. The van der Waals surface area contributed by atoms with E-state index in [2.05, 4.69) is 30.4 Å². The van der Waals surface area contributed by atoms with Crippen LogP contribution in [0.3, 0.4) is 0 Å². The van der Waals surface area contributed by atoms with E-state index in [1.165, 1.54) is 6.42 Å². The van der Waals surface area contributed by atoms with Gasteiger partial charge in [-0.15, -0.1) is 10.2 Å². The number of ether oxygens (including phenoxy) is 1. The topological polar surface area (TPSA) is 76.4 Å². The zero-order valence-corrected chi connectivity index (χ0v) is 12.4. The molecule has 0 spiro atoms. The summed E-state index contributed by atoms with van der Waals surface area (Å²) in [4.78, 5) is 4.19. The molecule has 0 unspecified atom stereocenters. The zero-order valence-electron chi connectivity index (χ0n) is 12.4. The molecule has 0 saturated carbocycles. The first-order valence-electron chi connectivity index (χ1n) is 7.28. The van der Waals surface area contributed by atoms with Crippen LogP contribution in [0.4, 0.5) is 0 Å². The van der Waals surface area contributed by atoms with Gasteiger partial charge in [-0.05, 0) is 19.8 Å². The number of fused-ring (bicyclic) bond motifs is 1. The lowest BCUT2D eigenvalue weighted by Crippen LogP contribution is -2.38. The highest BCUT2D eigenvalue weighted by atomic mass is 16.5. The Bertz CT molecular complexity index is 442. The van der Waals surface area contributed by atoms with E-state index in [1.807, 2.05) is 6.92 Å². The van der Waals surface area contributed by atoms with Crippen molar-refractivity contribution in [3.05, 3.63) is 11.6 Å². The molecule has 112 valence electrons. The van der Waals surface area contributed by atoms with Gasteiger partial charge in [0.15, 0.2) is 11.8 Å². The summed E-state index contributed by atoms with van der Waals surface area (Å²) in [6.45, 7) is 6.07. The van der Waals surface area contributed by atoms with Crippen LogP contribution < -0.4 is 10.6 Å². The Morgan fingerprint density at radius 2 is 2.30 bits per heavy atom. The van der Waals surface area contributed by atoms with Gasteiger partial charge in [-0.3, -0.25) is 4.99 Å². The van der Waals surface area contributed by atoms with Crippen molar-refractivity contribution in [2.24, 2.45) is 4.99 Å². The number of hydrogen-bond donors (Lipinski definition) is 2. The van der Waals surface area contributed by atoms with E-state index in [9.17, 15) is 0 Å². The molecule has 0 atom stereocenters. The fourth-order valence-electron chi connectivity index (χ4n) is 2.25. The molecule has 7 nitrogen and oxygen atoms in total. The molecule has 2 heterocycles. The molecule has 1 aliphatic rings. The van der Waals surface area contributed by atoms with Crippen molar-refractivity contribution >= 4 is 5.96 Å². The van der Waals surface area contributed by atoms with E-state index in [1.54, 1.807) is 7.05 Å². The molecule has 0 saturated heterocycles. The maximum absolute atomic E-state index is 5.30. The number of aromatic nitrogens is 3. The van der Waals surface area contributed by atoms with Crippen molar-refractivity contribution < 1.29 is 4.74 Å². The van der Waals surface area contributed by atoms with Crippen LogP contribution in [0.5, 0.6) is 0 Å². The Morgan fingerprint density at radius 3 is 3.10 bits per heavy atom. The maximum atomic E-state index is 5.30. The van der Waals surface area contributed by atoms with Crippen LogP contribution in [0.1, 0.15) is 31.4 Å². The fraction of sp³-hybridized carbons (Fsp3) is 0.769. The first-order valence-corrected chi connectivity index (χ1v) is 7.28. The Hall–Kier alpha value is -1.63. The predicted molar refractivity (Wildman–Crippen MR) is 77.7 cm³/mol. The number of nitrogens with zero attached hydrogens (tertiary/aromatic N) is 4. The normalized spacial score (nSPS) is 14.4. The van der Waals surface area contributed by atoms with Gasteiger partial charge >= 0.3 is 0 Å². The Balaban J connectivity index is 1.71. The number of hydrogen-bond acceptors (Lipinski definition) is 4. The minimum atomic E-state index is 0.651. The van der Waals surface area contributed by atoms with E-state index in [0.717, 1.165) is 56.8 Å². The molecule has 0 aliphatic carbocycles. The van der Waals surface area contributed by atoms with Crippen molar-refractivity contribution in [2.45, 2.75) is 39.3 Å². The summed E-state index contributed by atoms with van der Waals surface area (Å²) in [5.41, 5.74) is 0. The minimum Gasteiger partial charge on any atom is -0.382 e. The van der Waals surface area contributed by atoms with Crippen LogP contribution in [0, 0.1) is 0 Å². The third kappa shape index (κ3) is 3.93. The smallest absolute Gasteiger partial charge is 0.191 e. The molecule has 0 aromatic carbocycles. The zero-order chi connectivity index (χ0) is 14.2. The third-order valence-corrected chi connectivity index (χ3v) is 3.29. The molecular formula is C13H24N6O. The van der Waals surface area contributed by atoms with E-state index < -0.39 is 0 Å². The summed E-state index contributed by atoms with van der Waals surface area (Å²) in [5, 5.41) is 14.9. The van der Waals surface area contributed by atoms with Gasteiger partial charge in [-0.1, -0.05) is 0 Å². The van der Waals surface area contributed by atoms with Crippen LogP contribution in [0.25, 0.3) is 0 Å². The highest BCUT2D eigenvalue weighted by Gasteiger charge is 2.16. The average molecular weight is 280 g/mol. The second kappa shape index (κ2) is 7.84. The van der Waals surface area contributed by atoms with Gasteiger partial charge in [-0.25, -0.2) is 0 Å². The summed E-state index contributed by atoms with van der Waals surface area (Å²) in [6, 6.07) is 0. The fourth-order valence-corrected chi connectivity index (χ4v) is 2.25. The first-order chi connectivity index (χ1) is 9.85. The molecule has 20 heavy (non-hydrogen) atoms. The van der Waals surface area contributed by atoms with E-state index >= 15 is 0 Å². The number of nitrogens with one attached hydrogen (secondary N) is 2. The molecule has 0 radical (unpaired) electrons. The van der Waals surface area contributed by atoms with Crippen LogP contribution in [-0.4, -0.2) is 47.5 Å². The standard InChI is InChI=1S/C13H24N6O/c1-3-20-9-5-7-15-13(14-2)16-10-12-18-17-11-6-4-8-19(11)12/h3-10H2,1-2H3,(H2,14,15,16). The summed E-state index contributed by atoms with van der Waals surface area (Å²) >= 11 is 0. The van der Waals surface area contributed by atoms with Crippen LogP contribution in [-0.2, 0) is 24.2 Å². The summed E-state index contributed by atoms with van der Waals surface area (Å²) in [6.07, 6.45) is 3.18. The number of guanidine groups is 1. The highest BCUT2D eigenvalue weighted by molar-refractivity contribution is 5.79. The largest absolute Gasteiger partial charge is 0.382 e. The second-order valence-electron chi connectivity index (χ2n) is 4.69. The van der Waals surface area contributed by atoms with Gasteiger partial charge in [0, 0.05) is 39.8 Å². The Morgan fingerprint density at radius 1 is 1.40 bits per heavy atom. The lowest BCUT2D eigenvalue weighted by atomic mass is 10.4. The molecular weight excluding hydrogens is 256 g/mol. The molecule has 0 bridgehead atoms. The van der Waals surface area contributed by atoms with Crippen molar-refractivity contribution in [1.29, 1.82) is 0 Å². The number of rotatable bonds is 7. The second-order valence-corrected chi connectivity index (χ2v) is 4.69. The van der Waals surface area contributed by atoms with Crippen LogP contribution in [0.2, 0.25) is 0 Å². The molecule has 2 rings (SSSR count). The molecule has 1 aromatic heterocycles. The lowest BCUT2D eigenvalue weighted by molar-refractivity contribution is 0.145. The van der Waals surface area contributed by atoms with E-state index in [0.29, 0.717) is 6.54 Å². The Kier molecular flexibility index (Phi) is 5.79. The predicted octanol–water partition coefficient (Wildman–Crippen LogP) is 0.316. The Labute approximate surface area is 119 Å². The van der Waals surface area contributed by atoms with Gasteiger partial charge in [0.2, 0.25) is 0 Å². The van der Waals surface area contributed by atoms with Gasteiger partial charge in [0.1, 0.15) is 5.82 Å². The van der Waals surface area contributed by atoms with Crippen LogP contribution >= 0.6 is 0 Å². The summed E-state index contributed by atoms with van der Waals surface area (Å²) in [7, 11) is 1.77. The van der Waals surface area contributed by atoms with Crippen molar-refractivity contribution in [2.75, 3.05) is 26.8 Å². The molecule has 0 fully saturated rings. The van der Waals surface area contributed by atoms with Crippen molar-refractivity contribution in [3.8, 4) is 0 Å². The third-order valence-electron chi connectivity index (χ3n) is 3.29. The summed E-state index contributed by atoms with van der Waals surface area (Å²) in [5.74, 6) is 2.87. The van der Waals surface area contributed by atoms with Gasteiger partial charge in [-0.2, -0.15) is 0 Å². The highest BCUT2D eigenvalue weighted by Crippen LogP contribution is 2.13. The van der Waals surface area contributed by atoms with E-state index in [4.69, 9.17) is 4.74 Å². The molecule has 1 aromatic rings. The van der Waals surface area contributed by atoms with E-state index in [-0.39, 0.29) is 0 Å². The van der Waals surface area contributed by atoms with Gasteiger partial charge in [0.25, 0.3) is 0 Å². The molecule has 2 N–H and O–H groups in total. The molecule has 0 amide bonds. The minimum absolute atomic E-state index is 0.651. The first kappa shape index (κ1) is 14.8. The molecule has 7 heteroatoms. The lowest BCUT2D eigenvalue weighted by Gasteiger charge is -2.11. The molecule has 1 aliphatic heterocycles. The quantitative estimate of drug-likeness (QED) is 0.427. The maximum Gasteiger partial charge on any atom is 0.191 e. The monoisotopic (exact) mass is 280 g/mol.